The highest BCUT2D eigenvalue weighted by atomic mass is 16.1. The highest BCUT2D eigenvalue weighted by molar-refractivity contribution is 5.72. The number of rotatable bonds is 5. The first-order valence-corrected chi connectivity index (χ1v) is 9.20. The maximum absolute atomic E-state index is 11.1. The molecule has 2 aliphatic rings. The Morgan fingerprint density at radius 3 is 2.75 bits per heavy atom. The van der Waals surface area contributed by atoms with Crippen LogP contribution in [0.5, 0.6) is 0 Å². The SMILES string of the molecule is CCN1CCC(N2CCC[C@H]2c2cncc(CNC(C)=O)n2)CC1. The van der Waals surface area contributed by atoms with Crippen molar-refractivity contribution in [1.29, 1.82) is 0 Å². The van der Waals surface area contributed by atoms with Crippen LogP contribution >= 0.6 is 0 Å². The van der Waals surface area contributed by atoms with Crippen molar-refractivity contribution in [3.05, 3.63) is 23.8 Å². The second-order valence-corrected chi connectivity index (χ2v) is 6.91. The van der Waals surface area contributed by atoms with Gasteiger partial charge in [0.1, 0.15) is 0 Å². The van der Waals surface area contributed by atoms with Crippen LogP contribution in [-0.2, 0) is 11.3 Å². The Morgan fingerprint density at radius 2 is 2.04 bits per heavy atom. The number of carbonyl (C=O) groups is 1. The molecule has 0 spiro atoms. The summed E-state index contributed by atoms with van der Waals surface area (Å²) in [5.74, 6) is -0.0348. The average Bonchev–Trinajstić information content (AvgIpc) is 3.10. The van der Waals surface area contributed by atoms with Gasteiger partial charge in [-0.2, -0.15) is 0 Å². The van der Waals surface area contributed by atoms with Gasteiger partial charge in [-0.1, -0.05) is 6.92 Å². The average molecular weight is 331 g/mol. The van der Waals surface area contributed by atoms with Crippen molar-refractivity contribution in [1.82, 2.24) is 25.1 Å². The molecule has 6 heteroatoms. The Balaban J connectivity index is 1.67. The summed E-state index contributed by atoms with van der Waals surface area (Å²) in [6, 6.07) is 1.05. The van der Waals surface area contributed by atoms with Gasteiger partial charge in [-0.15, -0.1) is 0 Å². The molecule has 2 fully saturated rings. The molecule has 0 saturated carbocycles. The molecule has 6 nitrogen and oxygen atoms in total. The van der Waals surface area contributed by atoms with Crippen LogP contribution in [0.3, 0.4) is 0 Å². The van der Waals surface area contributed by atoms with Crippen LogP contribution in [0.25, 0.3) is 0 Å². The van der Waals surface area contributed by atoms with Gasteiger partial charge < -0.3 is 10.2 Å². The Hall–Kier alpha value is -1.53. The van der Waals surface area contributed by atoms with Gasteiger partial charge in [0.2, 0.25) is 5.91 Å². The Bertz CT molecular complexity index is 556. The normalized spacial score (nSPS) is 23.5. The quantitative estimate of drug-likeness (QED) is 0.890. The van der Waals surface area contributed by atoms with Crippen molar-refractivity contribution < 1.29 is 4.79 Å². The molecular weight excluding hydrogens is 302 g/mol. The molecule has 0 aromatic carbocycles. The van der Waals surface area contributed by atoms with Gasteiger partial charge in [-0.3, -0.25) is 19.7 Å². The van der Waals surface area contributed by atoms with Gasteiger partial charge in [0.15, 0.2) is 0 Å². The van der Waals surface area contributed by atoms with Gasteiger partial charge in [0.25, 0.3) is 0 Å². The zero-order chi connectivity index (χ0) is 16.9. The van der Waals surface area contributed by atoms with Gasteiger partial charge in [-0.05, 0) is 51.9 Å². The van der Waals surface area contributed by atoms with Crippen molar-refractivity contribution in [3.63, 3.8) is 0 Å². The lowest BCUT2D eigenvalue weighted by Gasteiger charge is -2.39. The molecule has 1 aromatic heterocycles. The van der Waals surface area contributed by atoms with E-state index < -0.39 is 0 Å². The van der Waals surface area contributed by atoms with Crippen molar-refractivity contribution in [2.45, 2.75) is 58.2 Å². The van der Waals surface area contributed by atoms with E-state index in [1.54, 1.807) is 6.20 Å². The molecule has 0 aliphatic carbocycles. The predicted molar refractivity (Wildman–Crippen MR) is 93.4 cm³/mol. The Kier molecular flexibility index (Phi) is 5.79. The third-order valence-electron chi connectivity index (χ3n) is 5.33. The molecule has 3 heterocycles. The molecule has 0 radical (unpaired) electrons. The van der Waals surface area contributed by atoms with E-state index in [4.69, 9.17) is 4.98 Å². The Morgan fingerprint density at radius 1 is 1.25 bits per heavy atom. The first kappa shape index (κ1) is 17.3. The molecule has 2 saturated heterocycles. The van der Waals surface area contributed by atoms with Crippen molar-refractivity contribution in [2.24, 2.45) is 0 Å². The molecular formula is C18H29N5O. The maximum Gasteiger partial charge on any atom is 0.217 e. The van der Waals surface area contributed by atoms with E-state index in [0.29, 0.717) is 18.6 Å². The molecule has 0 unspecified atom stereocenters. The highest BCUT2D eigenvalue weighted by Gasteiger charge is 2.34. The first-order valence-electron chi connectivity index (χ1n) is 9.20. The smallest absolute Gasteiger partial charge is 0.217 e. The second kappa shape index (κ2) is 8.03. The van der Waals surface area contributed by atoms with Gasteiger partial charge >= 0.3 is 0 Å². The predicted octanol–water partition coefficient (Wildman–Crippen LogP) is 1.73. The number of likely N-dealkylation sites (tertiary alicyclic amines) is 2. The molecule has 132 valence electrons. The van der Waals surface area contributed by atoms with Crippen LogP contribution in [0.15, 0.2) is 12.4 Å². The number of nitrogens with zero attached hydrogens (tertiary/aromatic N) is 4. The standard InChI is InChI=1S/C18H29N5O/c1-3-22-9-6-16(7-10-22)23-8-4-5-18(23)17-13-19-11-15(21-17)12-20-14(2)24/h11,13,16,18H,3-10,12H2,1-2H3,(H,20,24)/t18-/m0/s1. The Labute approximate surface area is 144 Å². The minimum atomic E-state index is -0.0348. The molecule has 3 rings (SSSR count). The summed E-state index contributed by atoms with van der Waals surface area (Å²) in [6.07, 6.45) is 8.55. The minimum absolute atomic E-state index is 0.0348. The fraction of sp³-hybridized carbons (Fsp3) is 0.722. The number of hydrogen-bond donors (Lipinski definition) is 1. The molecule has 2 aliphatic heterocycles. The van der Waals surface area contributed by atoms with Crippen LogP contribution < -0.4 is 5.32 Å². The van der Waals surface area contributed by atoms with E-state index in [-0.39, 0.29) is 5.91 Å². The van der Waals surface area contributed by atoms with E-state index in [2.05, 4.69) is 27.0 Å². The van der Waals surface area contributed by atoms with E-state index in [1.807, 2.05) is 6.20 Å². The molecule has 1 atom stereocenters. The molecule has 24 heavy (non-hydrogen) atoms. The van der Waals surface area contributed by atoms with E-state index >= 15 is 0 Å². The largest absolute Gasteiger partial charge is 0.351 e. The van der Waals surface area contributed by atoms with Crippen LogP contribution in [0, 0.1) is 0 Å². The lowest BCUT2D eigenvalue weighted by Crippen LogP contribution is -2.44. The molecule has 0 bridgehead atoms. The van der Waals surface area contributed by atoms with Crippen LogP contribution in [0.1, 0.15) is 57.0 Å². The van der Waals surface area contributed by atoms with E-state index in [9.17, 15) is 4.79 Å². The number of carbonyl (C=O) groups excluding carboxylic acids is 1. The number of aromatic nitrogens is 2. The molecule has 1 aromatic rings. The summed E-state index contributed by atoms with van der Waals surface area (Å²) in [5, 5.41) is 2.80. The van der Waals surface area contributed by atoms with Gasteiger partial charge in [-0.25, -0.2) is 0 Å². The topological polar surface area (TPSA) is 61.4 Å². The monoisotopic (exact) mass is 331 g/mol. The molecule has 1 amide bonds. The van der Waals surface area contributed by atoms with Crippen molar-refractivity contribution in [3.8, 4) is 0 Å². The molecule has 1 N–H and O–H groups in total. The lowest BCUT2D eigenvalue weighted by atomic mass is 10.0. The summed E-state index contributed by atoms with van der Waals surface area (Å²) in [4.78, 5) is 25.4. The van der Waals surface area contributed by atoms with Crippen LogP contribution in [-0.4, -0.2) is 57.9 Å². The van der Waals surface area contributed by atoms with Crippen LogP contribution in [0.4, 0.5) is 0 Å². The summed E-state index contributed by atoms with van der Waals surface area (Å²) in [5.41, 5.74) is 1.91. The number of hydrogen-bond acceptors (Lipinski definition) is 5. The zero-order valence-electron chi connectivity index (χ0n) is 14.9. The summed E-state index contributed by atoms with van der Waals surface area (Å²) in [6.45, 7) is 8.97. The summed E-state index contributed by atoms with van der Waals surface area (Å²) in [7, 11) is 0. The lowest BCUT2D eigenvalue weighted by molar-refractivity contribution is -0.119. The fourth-order valence-corrected chi connectivity index (χ4v) is 3.99. The van der Waals surface area contributed by atoms with Gasteiger partial charge in [0.05, 0.1) is 36.4 Å². The number of piperidine rings is 1. The number of amides is 1. The summed E-state index contributed by atoms with van der Waals surface area (Å²) < 4.78 is 0. The van der Waals surface area contributed by atoms with Crippen molar-refractivity contribution >= 4 is 5.91 Å². The third kappa shape index (κ3) is 4.11. The third-order valence-corrected chi connectivity index (χ3v) is 5.33. The van der Waals surface area contributed by atoms with Crippen LogP contribution in [0.2, 0.25) is 0 Å². The van der Waals surface area contributed by atoms with E-state index in [1.165, 1.54) is 45.8 Å². The maximum atomic E-state index is 11.1. The highest BCUT2D eigenvalue weighted by Crippen LogP contribution is 2.35. The van der Waals surface area contributed by atoms with E-state index in [0.717, 1.165) is 24.4 Å². The first-order chi connectivity index (χ1) is 11.7. The van der Waals surface area contributed by atoms with Crippen molar-refractivity contribution in [2.75, 3.05) is 26.2 Å². The second-order valence-electron chi connectivity index (χ2n) is 6.91. The van der Waals surface area contributed by atoms with Gasteiger partial charge in [0, 0.05) is 13.0 Å². The number of nitrogens with one attached hydrogen (secondary N) is 1. The summed E-state index contributed by atoms with van der Waals surface area (Å²) >= 11 is 0. The fourth-order valence-electron chi connectivity index (χ4n) is 3.99. The zero-order valence-corrected chi connectivity index (χ0v) is 14.9. The minimum Gasteiger partial charge on any atom is -0.351 e.